The van der Waals surface area contributed by atoms with Crippen LogP contribution in [0, 0.1) is 0 Å². The van der Waals surface area contributed by atoms with Gasteiger partial charge in [-0.05, 0) is 18.2 Å². The van der Waals surface area contributed by atoms with Crippen LogP contribution in [0.2, 0.25) is 5.02 Å². The minimum absolute atomic E-state index is 0.193. The quantitative estimate of drug-likeness (QED) is 0.761. The van der Waals surface area contributed by atoms with Gasteiger partial charge in [-0.2, -0.15) is 5.10 Å². The number of ether oxygens (including phenoxy) is 1. The number of hydrogen-bond donors (Lipinski definition) is 1. The van der Waals surface area contributed by atoms with Gasteiger partial charge >= 0.3 is 0 Å². The summed E-state index contributed by atoms with van der Waals surface area (Å²) in [6, 6.07) is 14.0. The molecule has 3 aromatic rings. The summed E-state index contributed by atoms with van der Waals surface area (Å²) >= 11 is 6.04. The number of aromatic nitrogens is 2. The normalized spacial score (nSPS) is 10.6. The molecule has 0 spiro atoms. The molecule has 6 nitrogen and oxygen atoms in total. The lowest BCUT2D eigenvalue weighted by Gasteiger charge is -2.11. The van der Waals surface area contributed by atoms with E-state index in [1.807, 2.05) is 6.07 Å². The van der Waals surface area contributed by atoms with Crippen molar-refractivity contribution in [3.8, 4) is 5.75 Å². The predicted molar refractivity (Wildman–Crippen MR) is 96.3 cm³/mol. The highest BCUT2D eigenvalue weighted by Crippen LogP contribution is 2.22. The minimum Gasteiger partial charge on any atom is -0.490 e. The van der Waals surface area contributed by atoms with E-state index in [1.165, 1.54) is 11.7 Å². The molecule has 2 aromatic carbocycles. The van der Waals surface area contributed by atoms with Gasteiger partial charge in [-0.3, -0.25) is 9.59 Å². The lowest BCUT2D eigenvalue weighted by Crippen LogP contribution is -2.30. The Balaban J connectivity index is 1.91. The van der Waals surface area contributed by atoms with Crippen LogP contribution in [0.15, 0.2) is 53.3 Å². The second-order valence-corrected chi connectivity index (χ2v) is 5.69. The SMILES string of the molecule is CNC(=O)c1nn(CCOc2ccccc2Cl)c(=O)c2ccccc12. The maximum absolute atomic E-state index is 12.6. The lowest BCUT2D eigenvalue weighted by molar-refractivity contribution is 0.0957. The first-order valence-electron chi connectivity index (χ1n) is 7.71. The number of rotatable bonds is 5. The second-order valence-electron chi connectivity index (χ2n) is 5.28. The van der Waals surface area contributed by atoms with Gasteiger partial charge in [0.15, 0.2) is 5.69 Å². The summed E-state index contributed by atoms with van der Waals surface area (Å²) in [5, 5.41) is 8.20. The van der Waals surface area contributed by atoms with Crippen molar-refractivity contribution in [2.24, 2.45) is 0 Å². The number of nitrogens with zero attached hydrogens (tertiary/aromatic N) is 2. The van der Waals surface area contributed by atoms with Gasteiger partial charge in [-0.15, -0.1) is 0 Å². The van der Waals surface area contributed by atoms with E-state index in [4.69, 9.17) is 16.3 Å². The van der Waals surface area contributed by atoms with Crippen LogP contribution in [0.25, 0.3) is 10.8 Å². The molecule has 0 aliphatic carbocycles. The molecule has 1 N–H and O–H groups in total. The molecule has 0 atom stereocenters. The van der Waals surface area contributed by atoms with Crippen LogP contribution in [-0.2, 0) is 6.54 Å². The lowest BCUT2D eigenvalue weighted by atomic mass is 10.1. The van der Waals surface area contributed by atoms with E-state index < -0.39 is 0 Å². The summed E-state index contributed by atoms with van der Waals surface area (Å²) in [7, 11) is 1.52. The van der Waals surface area contributed by atoms with Crippen molar-refractivity contribution in [2.45, 2.75) is 6.54 Å². The Kier molecular flexibility index (Phi) is 5.00. The van der Waals surface area contributed by atoms with Crippen molar-refractivity contribution in [1.29, 1.82) is 0 Å². The van der Waals surface area contributed by atoms with Crippen LogP contribution in [-0.4, -0.2) is 29.3 Å². The van der Waals surface area contributed by atoms with Gasteiger partial charge in [0.1, 0.15) is 12.4 Å². The Morgan fingerprint density at radius 2 is 1.84 bits per heavy atom. The molecule has 0 aliphatic rings. The summed E-state index contributed by atoms with van der Waals surface area (Å²) in [4.78, 5) is 24.7. The van der Waals surface area contributed by atoms with Crippen LogP contribution in [0.3, 0.4) is 0 Å². The third kappa shape index (κ3) is 3.49. The van der Waals surface area contributed by atoms with E-state index in [0.717, 1.165) is 0 Å². The Labute approximate surface area is 149 Å². The summed E-state index contributed by atoms with van der Waals surface area (Å²) in [5.74, 6) is 0.182. The molecule has 25 heavy (non-hydrogen) atoms. The molecule has 0 bridgehead atoms. The fraction of sp³-hybridized carbons (Fsp3) is 0.167. The van der Waals surface area contributed by atoms with E-state index in [1.54, 1.807) is 42.5 Å². The molecule has 0 saturated carbocycles. The third-order valence-corrected chi connectivity index (χ3v) is 4.02. The van der Waals surface area contributed by atoms with Crippen LogP contribution in [0.5, 0.6) is 5.75 Å². The van der Waals surface area contributed by atoms with Gasteiger partial charge in [-0.25, -0.2) is 4.68 Å². The minimum atomic E-state index is -0.350. The van der Waals surface area contributed by atoms with Crippen molar-refractivity contribution in [3.63, 3.8) is 0 Å². The number of fused-ring (bicyclic) bond motifs is 1. The summed E-state index contributed by atoms with van der Waals surface area (Å²) in [5.41, 5.74) is -0.0681. The fourth-order valence-corrected chi connectivity index (χ4v) is 2.67. The van der Waals surface area contributed by atoms with Gasteiger partial charge in [-0.1, -0.05) is 41.9 Å². The number of benzene rings is 2. The van der Waals surface area contributed by atoms with Crippen LogP contribution in [0.1, 0.15) is 10.5 Å². The zero-order valence-corrected chi connectivity index (χ0v) is 14.3. The molecule has 0 radical (unpaired) electrons. The zero-order chi connectivity index (χ0) is 17.8. The maximum Gasteiger partial charge on any atom is 0.274 e. The summed E-state index contributed by atoms with van der Waals surface area (Å²) < 4.78 is 6.84. The van der Waals surface area contributed by atoms with Gasteiger partial charge < -0.3 is 10.1 Å². The Hall–Kier alpha value is -2.86. The first-order chi connectivity index (χ1) is 12.1. The van der Waals surface area contributed by atoms with Crippen LogP contribution >= 0.6 is 11.6 Å². The smallest absolute Gasteiger partial charge is 0.274 e. The number of halogens is 1. The van der Waals surface area contributed by atoms with E-state index in [2.05, 4.69) is 10.4 Å². The Morgan fingerprint density at radius 3 is 2.56 bits per heavy atom. The van der Waals surface area contributed by atoms with Crippen LogP contribution in [0.4, 0.5) is 0 Å². The van der Waals surface area contributed by atoms with Gasteiger partial charge in [0, 0.05) is 12.4 Å². The number of carbonyl (C=O) groups is 1. The van der Waals surface area contributed by atoms with E-state index in [0.29, 0.717) is 21.5 Å². The van der Waals surface area contributed by atoms with Gasteiger partial charge in [0.05, 0.1) is 17.0 Å². The van der Waals surface area contributed by atoms with Crippen molar-refractivity contribution in [1.82, 2.24) is 15.1 Å². The predicted octanol–water partition coefficient (Wildman–Crippen LogP) is 2.49. The third-order valence-electron chi connectivity index (χ3n) is 3.71. The molecule has 1 amide bonds. The van der Waals surface area contributed by atoms with E-state index >= 15 is 0 Å². The monoisotopic (exact) mass is 357 g/mol. The first-order valence-corrected chi connectivity index (χ1v) is 8.09. The molecule has 3 rings (SSSR count). The topological polar surface area (TPSA) is 73.2 Å². The fourth-order valence-electron chi connectivity index (χ4n) is 2.48. The number of carbonyl (C=O) groups excluding carboxylic acids is 1. The van der Waals surface area contributed by atoms with E-state index in [9.17, 15) is 9.59 Å². The van der Waals surface area contributed by atoms with Crippen LogP contribution < -0.4 is 15.6 Å². The second kappa shape index (κ2) is 7.36. The highest BCUT2D eigenvalue weighted by atomic mass is 35.5. The number of nitrogens with one attached hydrogen (secondary N) is 1. The summed E-state index contributed by atoms with van der Waals surface area (Å²) in [6.45, 7) is 0.390. The molecular weight excluding hydrogens is 342 g/mol. The standard InChI is InChI=1S/C18H16ClN3O3/c1-20-17(23)16-12-6-2-3-7-13(12)18(24)22(21-16)10-11-25-15-9-5-4-8-14(15)19/h2-9H,10-11H2,1H3,(H,20,23). The Bertz CT molecular complexity index is 985. The average molecular weight is 358 g/mol. The number of para-hydroxylation sites is 1. The maximum atomic E-state index is 12.6. The molecule has 1 aromatic heterocycles. The van der Waals surface area contributed by atoms with Crippen molar-refractivity contribution < 1.29 is 9.53 Å². The highest BCUT2D eigenvalue weighted by molar-refractivity contribution is 6.32. The zero-order valence-electron chi connectivity index (χ0n) is 13.5. The molecule has 1 heterocycles. The molecule has 0 fully saturated rings. The van der Waals surface area contributed by atoms with Crippen molar-refractivity contribution in [3.05, 3.63) is 69.6 Å². The molecule has 128 valence electrons. The largest absolute Gasteiger partial charge is 0.490 e. The van der Waals surface area contributed by atoms with Gasteiger partial charge in [0.2, 0.25) is 0 Å². The highest BCUT2D eigenvalue weighted by Gasteiger charge is 2.15. The molecule has 0 aliphatic heterocycles. The Morgan fingerprint density at radius 1 is 1.16 bits per heavy atom. The average Bonchev–Trinajstić information content (AvgIpc) is 2.64. The molecule has 0 saturated heterocycles. The summed E-state index contributed by atoms with van der Waals surface area (Å²) in [6.07, 6.45) is 0. The molecular formula is C18H16ClN3O3. The molecule has 7 heteroatoms. The van der Waals surface area contributed by atoms with Gasteiger partial charge in [0.25, 0.3) is 11.5 Å². The van der Waals surface area contributed by atoms with Crippen molar-refractivity contribution in [2.75, 3.05) is 13.7 Å². The number of hydrogen-bond acceptors (Lipinski definition) is 4. The molecule has 0 unspecified atom stereocenters. The number of amides is 1. The van der Waals surface area contributed by atoms with Crippen molar-refractivity contribution >= 4 is 28.3 Å². The first kappa shape index (κ1) is 17.0. The van der Waals surface area contributed by atoms with E-state index in [-0.39, 0.29) is 30.3 Å².